The summed E-state index contributed by atoms with van der Waals surface area (Å²) in [7, 11) is 0. The van der Waals surface area contributed by atoms with Crippen LogP contribution in [0.5, 0.6) is 0 Å². The Morgan fingerprint density at radius 2 is 2.20 bits per heavy atom. The second-order valence-electron chi connectivity index (χ2n) is 4.24. The molecule has 15 heavy (non-hydrogen) atoms. The lowest BCUT2D eigenvalue weighted by molar-refractivity contribution is 0.687. The molecule has 2 rings (SSSR count). The molecule has 1 fully saturated rings. The minimum Gasteiger partial charge on any atom is -0.397 e. The molecule has 0 saturated heterocycles. The Morgan fingerprint density at radius 1 is 1.40 bits per heavy atom. The highest BCUT2D eigenvalue weighted by atomic mass is 35.5. The van der Waals surface area contributed by atoms with Crippen molar-refractivity contribution in [2.24, 2.45) is 5.92 Å². The molecule has 0 heterocycles. The first kappa shape index (κ1) is 10.6. The van der Waals surface area contributed by atoms with Gasteiger partial charge in [0, 0.05) is 11.6 Å². The van der Waals surface area contributed by atoms with E-state index in [1.54, 1.807) is 6.07 Å². The van der Waals surface area contributed by atoms with Crippen molar-refractivity contribution in [2.45, 2.75) is 25.7 Å². The van der Waals surface area contributed by atoms with Crippen LogP contribution in [0.3, 0.4) is 0 Å². The SMILES string of the molecule is Nc1cc(Cl)ccc1NCCCC1CC1. The highest BCUT2D eigenvalue weighted by Gasteiger charge is 2.19. The van der Waals surface area contributed by atoms with Crippen molar-refractivity contribution in [3.8, 4) is 0 Å². The van der Waals surface area contributed by atoms with Crippen LogP contribution in [-0.4, -0.2) is 6.54 Å². The lowest BCUT2D eigenvalue weighted by Crippen LogP contribution is -2.04. The van der Waals surface area contributed by atoms with E-state index in [0.29, 0.717) is 5.02 Å². The highest BCUT2D eigenvalue weighted by molar-refractivity contribution is 6.31. The summed E-state index contributed by atoms with van der Waals surface area (Å²) in [4.78, 5) is 0. The number of nitrogens with one attached hydrogen (secondary N) is 1. The summed E-state index contributed by atoms with van der Waals surface area (Å²) < 4.78 is 0. The van der Waals surface area contributed by atoms with Gasteiger partial charge >= 0.3 is 0 Å². The molecule has 0 aromatic heterocycles. The molecule has 82 valence electrons. The van der Waals surface area contributed by atoms with E-state index in [1.165, 1.54) is 25.7 Å². The highest BCUT2D eigenvalue weighted by Crippen LogP contribution is 2.33. The first-order chi connectivity index (χ1) is 7.25. The van der Waals surface area contributed by atoms with Gasteiger partial charge in [0.05, 0.1) is 11.4 Å². The molecule has 3 N–H and O–H groups in total. The second kappa shape index (κ2) is 4.75. The molecule has 2 nitrogen and oxygen atoms in total. The number of rotatable bonds is 5. The zero-order chi connectivity index (χ0) is 10.7. The Kier molecular flexibility index (Phi) is 3.37. The van der Waals surface area contributed by atoms with Crippen LogP contribution in [0.15, 0.2) is 18.2 Å². The molecule has 1 saturated carbocycles. The minimum atomic E-state index is 0.691. The van der Waals surface area contributed by atoms with Crippen molar-refractivity contribution in [2.75, 3.05) is 17.6 Å². The molecular weight excluding hydrogens is 208 g/mol. The third kappa shape index (κ3) is 3.31. The van der Waals surface area contributed by atoms with Gasteiger partial charge in [-0.1, -0.05) is 24.4 Å². The summed E-state index contributed by atoms with van der Waals surface area (Å²) in [6.07, 6.45) is 5.44. The normalized spacial score (nSPS) is 15.3. The lowest BCUT2D eigenvalue weighted by atomic mass is 10.2. The third-order valence-electron chi connectivity index (χ3n) is 2.82. The molecule has 0 spiro atoms. The van der Waals surface area contributed by atoms with Crippen molar-refractivity contribution in [3.63, 3.8) is 0 Å². The molecule has 1 aromatic rings. The summed E-state index contributed by atoms with van der Waals surface area (Å²) in [6, 6.07) is 5.58. The first-order valence-electron chi connectivity index (χ1n) is 5.54. The monoisotopic (exact) mass is 224 g/mol. The van der Waals surface area contributed by atoms with Crippen LogP contribution in [0.1, 0.15) is 25.7 Å². The number of benzene rings is 1. The van der Waals surface area contributed by atoms with Crippen molar-refractivity contribution in [1.82, 2.24) is 0 Å². The number of halogens is 1. The Morgan fingerprint density at radius 3 is 2.87 bits per heavy atom. The van der Waals surface area contributed by atoms with E-state index in [4.69, 9.17) is 17.3 Å². The van der Waals surface area contributed by atoms with E-state index in [0.717, 1.165) is 23.8 Å². The van der Waals surface area contributed by atoms with Gasteiger partial charge < -0.3 is 11.1 Å². The molecule has 0 unspecified atom stereocenters. The summed E-state index contributed by atoms with van der Waals surface area (Å²) >= 11 is 5.82. The summed E-state index contributed by atoms with van der Waals surface area (Å²) in [5, 5.41) is 4.03. The van der Waals surface area contributed by atoms with E-state index in [2.05, 4.69) is 5.32 Å². The fraction of sp³-hybridized carbons (Fsp3) is 0.500. The van der Waals surface area contributed by atoms with Gasteiger partial charge in [-0.3, -0.25) is 0 Å². The van der Waals surface area contributed by atoms with Crippen molar-refractivity contribution >= 4 is 23.0 Å². The number of nitrogen functional groups attached to an aromatic ring is 1. The fourth-order valence-electron chi connectivity index (χ4n) is 1.71. The molecule has 0 radical (unpaired) electrons. The maximum atomic E-state index is 5.83. The Hall–Kier alpha value is -0.890. The van der Waals surface area contributed by atoms with Gasteiger partial charge in [-0.2, -0.15) is 0 Å². The molecular formula is C12H17ClN2. The maximum Gasteiger partial charge on any atom is 0.0574 e. The van der Waals surface area contributed by atoms with Gasteiger partial charge in [0.2, 0.25) is 0 Å². The Labute approximate surface area is 95.8 Å². The molecule has 0 bridgehead atoms. The Bertz CT molecular complexity index is 334. The van der Waals surface area contributed by atoms with E-state index >= 15 is 0 Å². The van der Waals surface area contributed by atoms with Gasteiger partial charge in [0.25, 0.3) is 0 Å². The topological polar surface area (TPSA) is 38.0 Å². The quantitative estimate of drug-likeness (QED) is 0.593. The zero-order valence-corrected chi connectivity index (χ0v) is 9.56. The molecule has 0 atom stereocenters. The molecule has 1 aliphatic rings. The van der Waals surface area contributed by atoms with Crippen LogP contribution in [-0.2, 0) is 0 Å². The Balaban J connectivity index is 1.76. The van der Waals surface area contributed by atoms with Crippen LogP contribution >= 0.6 is 11.6 Å². The largest absolute Gasteiger partial charge is 0.397 e. The molecule has 1 aliphatic carbocycles. The molecule has 1 aromatic carbocycles. The fourth-order valence-corrected chi connectivity index (χ4v) is 1.90. The maximum absolute atomic E-state index is 5.83. The summed E-state index contributed by atoms with van der Waals surface area (Å²) in [5.41, 5.74) is 7.55. The van der Waals surface area contributed by atoms with Crippen LogP contribution in [0.25, 0.3) is 0 Å². The van der Waals surface area contributed by atoms with E-state index < -0.39 is 0 Å². The lowest BCUT2D eigenvalue weighted by Gasteiger charge is -2.09. The number of nitrogens with two attached hydrogens (primary N) is 1. The van der Waals surface area contributed by atoms with Gasteiger partial charge in [0.15, 0.2) is 0 Å². The summed E-state index contributed by atoms with van der Waals surface area (Å²) in [6.45, 7) is 1.00. The number of hydrogen-bond acceptors (Lipinski definition) is 2. The minimum absolute atomic E-state index is 0.691. The molecule has 0 amide bonds. The van der Waals surface area contributed by atoms with E-state index in [9.17, 15) is 0 Å². The smallest absolute Gasteiger partial charge is 0.0574 e. The zero-order valence-electron chi connectivity index (χ0n) is 8.80. The van der Waals surface area contributed by atoms with Crippen molar-refractivity contribution < 1.29 is 0 Å². The third-order valence-corrected chi connectivity index (χ3v) is 3.05. The molecule has 3 heteroatoms. The average Bonchev–Trinajstić information content (AvgIpc) is 2.99. The van der Waals surface area contributed by atoms with E-state index in [1.807, 2.05) is 12.1 Å². The second-order valence-corrected chi connectivity index (χ2v) is 4.68. The average molecular weight is 225 g/mol. The van der Waals surface area contributed by atoms with Crippen LogP contribution in [0.4, 0.5) is 11.4 Å². The van der Waals surface area contributed by atoms with Gasteiger partial charge in [-0.15, -0.1) is 0 Å². The number of anilines is 2. The van der Waals surface area contributed by atoms with Gasteiger partial charge in [-0.05, 0) is 37.0 Å². The van der Waals surface area contributed by atoms with Crippen LogP contribution in [0, 0.1) is 5.92 Å². The van der Waals surface area contributed by atoms with Crippen molar-refractivity contribution in [3.05, 3.63) is 23.2 Å². The van der Waals surface area contributed by atoms with E-state index in [-0.39, 0.29) is 0 Å². The first-order valence-corrected chi connectivity index (χ1v) is 5.92. The van der Waals surface area contributed by atoms with Crippen molar-refractivity contribution in [1.29, 1.82) is 0 Å². The molecule has 0 aliphatic heterocycles. The van der Waals surface area contributed by atoms with Crippen LogP contribution in [0.2, 0.25) is 5.02 Å². The van der Waals surface area contributed by atoms with Crippen LogP contribution < -0.4 is 11.1 Å². The number of hydrogen-bond donors (Lipinski definition) is 2. The van der Waals surface area contributed by atoms with Gasteiger partial charge in [0.1, 0.15) is 0 Å². The van der Waals surface area contributed by atoms with Gasteiger partial charge in [-0.25, -0.2) is 0 Å². The predicted molar refractivity (Wildman–Crippen MR) is 66.3 cm³/mol. The predicted octanol–water partition coefficient (Wildman–Crippen LogP) is 3.52. The summed E-state index contributed by atoms with van der Waals surface area (Å²) in [5.74, 6) is 1.01. The standard InChI is InChI=1S/C12H17ClN2/c13-10-5-6-12(11(14)8-10)15-7-1-2-9-3-4-9/h5-6,8-9,15H,1-4,7,14H2.